The van der Waals surface area contributed by atoms with Gasteiger partial charge in [0, 0.05) is 6.04 Å². The molecule has 3 N–H and O–H groups in total. The molecule has 1 saturated heterocycles. The maximum Gasteiger partial charge on any atom is 0.338 e. The van der Waals surface area contributed by atoms with Crippen molar-refractivity contribution in [1.29, 1.82) is 0 Å². The molecule has 108 valence electrons. The van der Waals surface area contributed by atoms with E-state index in [0.29, 0.717) is 24.5 Å². The fourth-order valence-corrected chi connectivity index (χ4v) is 2.38. The van der Waals surface area contributed by atoms with E-state index in [4.69, 9.17) is 4.74 Å². The number of ether oxygens (including phenoxy) is 1. The van der Waals surface area contributed by atoms with Crippen LogP contribution in [0.3, 0.4) is 0 Å². The number of hydrogen-bond donors (Lipinski definition) is 3. The van der Waals surface area contributed by atoms with Crippen LogP contribution in [0.5, 0.6) is 0 Å². The van der Waals surface area contributed by atoms with Gasteiger partial charge in [0.15, 0.2) is 0 Å². The molecule has 0 aliphatic carbocycles. The molecule has 0 aromatic heterocycles. The molecule has 0 radical (unpaired) electrons. The average molecular weight is 278 g/mol. The molecule has 1 aromatic rings. The van der Waals surface area contributed by atoms with Gasteiger partial charge in [-0.05, 0) is 25.6 Å². The van der Waals surface area contributed by atoms with E-state index in [2.05, 4.69) is 10.6 Å². The van der Waals surface area contributed by atoms with Crippen LogP contribution < -0.4 is 10.6 Å². The van der Waals surface area contributed by atoms with Gasteiger partial charge in [-0.2, -0.15) is 0 Å². The predicted octanol–water partition coefficient (Wildman–Crippen LogP) is 0.866. The highest BCUT2D eigenvalue weighted by molar-refractivity contribution is 6.02. The van der Waals surface area contributed by atoms with Crippen LogP contribution in [-0.2, 0) is 9.53 Å². The number of aromatic carboxylic acids is 1. The summed E-state index contributed by atoms with van der Waals surface area (Å²) in [6.07, 6.45) is 0. The Morgan fingerprint density at radius 2 is 2.10 bits per heavy atom. The zero-order valence-corrected chi connectivity index (χ0v) is 11.5. The molecule has 6 heteroatoms. The zero-order valence-electron chi connectivity index (χ0n) is 11.5. The van der Waals surface area contributed by atoms with E-state index in [9.17, 15) is 14.7 Å². The van der Waals surface area contributed by atoms with Gasteiger partial charge in [-0.1, -0.05) is 12.1 Å². The number of carboxylic acid groups (broad SMARTS) is 1. The highest BCUT2D eigenvalue weighted by Gasteiger charge is 2.33. The summed E-state index contributed by atoms with van der Waals surface area (Å²) in [4.78, 5) is 23.5. The Kier molecular flexibility index (Phi) is 4.36. The number of rotatable bonds is 4. The molecule has 2 unspecified atom stereocenters. The van der Waals surface area contributed by atoms with Gasteiger partial charge in [0.05, 0.1) is 30.4 Å². The van der Waals surface area contributed by atoms with Crippen molar-refractivity contribution in [2.75, 3.05) is 25.6 Å². The first kappa shape index (κ1) is 14.5. The van der Waals surface area contributed by atoms with Gasteiger partial charge in [0.1, 0.15) is 0 Å². The lowest BCUT2D eigenvalue weighted by Crippen LogP contribution is -2.39. The Bertz CT molecular complexity index is 530. The zero-order chi connectivity index (χ0) is 14.7. The van der Waals surface area contributed by atoms with Gasteiger partial charge in [0.25, 0.3) is 0 Å². The summed E-state index contributed by atoms with van der Waals surface area (Å²) in [5.74, 6) is -1.59. The fraction of sp³-hybridized carbons (Fsp3) is 0.429. The van der Waals surface area contributed by atoms with E-state index in [-0.39, 0.29) is 23.4 Å². The summed E-state index contributed by atoms with van der Waals surface area (Å²) in [5.41, 5.74) is 1.06. The third-order valence-electron chi connectivity index (χ3n) is 3.53. The summed E-state index contributed by atoms with van der Waals surface area (Å²) in [5, 5.41) is 15.0. The Hall–Kier alpha value is -1.92. The number of amides is 1. The summed E-state index contributed by atoms with van der Waals surface area (Å²) in [7, 11) is 1.77. The normalized spacial score (nSPS) is 21.7. The largest absolute Gasteiger partial charge is 0.478 e. The quantitative estimate of drug-likeness (QED) is 0.760. The number of carboxylic acids is 1. The van der Waals surface area contributed by atoms with Crippen molar-refractivity contribution in [3.8, 4) is 0 Å². The van der Waals surface area contributed by atoms with Gasteiger partial charge in [0.2, 0.25) is 5.91 Å². The molecule has 0 bridgehead atoms. The Morgan fingerprint density at radius 1 is 1.35 bits per heavy atom. The summed E-state index contributed by atoms with van der Waals surface area (Å²) in [6, 6.07) is 4.97. The van der Waals surface area contributed by atoms with Crippen molar-refractivity contribution < 1.29 is 19.4 Å². The first-order chi connectivity index (χ1) is 9.54. The van der Waals surface area contributed by atoms with Crippen LogP contribution in [0.25, 0.3) is 0 Å². The average Bonchev–Trinajstić information content (AvgIpc) is 2.86. The molecular formula is C14H18N2O4. The molecule has 1 aliphatic heterocycles. The maximum absolute atomic E-state index is 12.2. The van der Waals surface area contributed by atoms with Crippen molar-refractivity contribution in [3.63, 3.8) is 0 Å². The summed E-state index contributed by atoms with van der Waals surface area (Å²) in [6.45, 7) is 2.52. The van der Waals surface area contributed by atoms with E-state index in [1.165, 1.54) is 0 Å². The third kappa shape index (κ3) is 2.81. The number of carbonyl (C=O) groups is 2. The van der Waals surface area contributed by atoms with Crippen LogP contribution in [0.15, 0.2) is 18.2 Å². The first-order valence-electron chi connectivity index (χ1n) is 6.43. The lowest BCUT2D eigenvalue weighted by Gasteiger charge is -2.17. The van der Waals surface area contributed by atoms with Crippen molar-refractivity contribution in [1.82, 2.24) is 5.32 Å². The lowest BCUT2D eigenvalue weighted by molar-refractivity contribution is -0.120. The standard InChI is InChI=1S/C14H18N2O4/c1-8-4-3-5-10(12(8)14(18)19)16-13(17)9-6-20-7-11(9)15-2/h3-5,9,11,15H,6-7H2,1-2H3,(H,16,17)(H,18,19). The molecule has 2 atom stereocenters. The number of anilines is 1. The molecule has 2 rings (SSSR count). The van der Waals surface area contributed by atoms with Crippen LogP contribution in [0.4, 0.5) is 5.69 Å². The minimum Gasteiger partial charge on any atom is -0.478 e. The first-order valence-corrected chi connectivity index (χ1v) is 6.43. The van der Waals surface area contributed by atoms with E-state index < -0.39 is 5.97 Å². The highest BCUT2D eigenvalue weighted by atomic mass is 16.5. The molecule has 1 aliphatic rings. The number of hydrogen-bond acceptors (Lipinski definition) is 4. The van der Waals surface area contributed by atoms with Crippen LogP contribution in [0, 0.1) is 12.8 Å². The van der Waals surface area contributed by atoms with E-state index >= 15 is 0 Å². The SMILES string of the molecule is CNC1COCC1C(=O)Nc1cccc(C)c1C(=O)O. The summed E-state index contributed by atoms with van der Waals surface area (Å²) >= 11 is 0. The van der Waals surface area contributed by atoms with Gasteiger partial charge < -0.3 is 20.5 Å². The van der Waals surface area contributed by atoms with Crippen LogP contribution in [0.2, 0.25) is 0 Å². The maximum atomic E-state index is 12.2. The van der Waals surface area contributed by atoms with Gasteiger partial charge in [-0.25, -0.2) is 4.79 Å². The molecule has 1 aromatic carbocycles. The van der Waals surface area contributed by atoms with E-state index in [0.717, 1.165) is 0 Å². The molecule has 0 spiro atoms. The number of nitrogens with one attached hydrogen (secondary N) is 2. The van der Waals surface area contributed by atoms with Gasteiger partial charge in [-0.15, -0.1) is 0 Å². The smallest absolute Gasteiger partial charge is 0.338 e. The minimum absolute atomic E-state index is 0.0481. The summed E-state index contributed by atoms with van der Waals surface area (Å²) < 4.78 is 5.28. The second-order valence-corrected chi connectivity index (χ2v) is 4.83. The predicted molar refractivity (Wildman–Crippen MR) is 73.9 cm³/mol. The fourth-order valence-electron chi connectivity index (χ4n) is 2.38. The van der Waals surface area contributed by atoms with Crippen molar-refractivity contribution in [2.45, 2.75) is 13.0 Å². The molecule has 20 heavy (non-hydrogen) atoms. The molecule has 1 amide bonds. The Morgan fingerprint density at radius 3 is 2.75 bits per heavy atom. The van der Waals surface area contributed by atoms with Crippen molar-refractivity contribution in [3.05, 3.63) is 29.3 Å². The molecule has 1 fully saturated rings. The van der Waals surface area contributed by atoms with E-state index in [1.807, 2.05) is 0 Å². The third-order valence-corrected chi connectivity index (χ3v) is 3.53. The second kappa shape index (κ2) is 6.02. The monoisotopic (exact) mass is 278 g/mol. The van der Waals surface area contributed by atoms with Crippen molar-refractivity contribution >= 4 is 17.6 Å². The molecular weight excluding hydrogens is 260 g/mol. The highest BCUT2D eigenvalue weighted by Crippen LogP contribution is 2.22. The second-order valence-electron chi connectivity index (χ2n) is 4.83. The van der Waals surface area contributed by atoms with E-state index in [1.54, 1.807) is 32.2 Å². The number of benzene rings is 1. The van der Waals surface area contributed by atoms with Crippen LogP contribution in [0.1, 0.15) is 15.9 Å². The van der Waals surface area contributed by atoms with Crippen LogP contribution in [-0.4, -0.2) is 43.3 Å². The van der Waals surface area contributed by atoms with Gasteiger partial charge >= 0.3 is 5.97 Å². The van der Waals surface area contributed by atoms with Crippen LogP contribution >= 0.6 is 0 Å². The van der Waals surface area contributed by atoms with Gasteiger partial charge in [-0.3, -0.25) is 4.79 Å². The number of likely N-dealkylation sites (N-methyl/N-ethyl adjacent to an activating group) is 1. The number of carbonyl (C=O) groups excluding carboxylic acids is 1. The molecule has 6 nitrogen and oxygen atoms in total. The number of aryl methyl sites for hydroxylation is 1. The minimum atomic E-state index is -1.05. The topological polar surface area (TPSA) is 87.7 Å². The van der Waals surface area contributed by atoms with Crippen molar-refractivity contribution in [2.24, 2.45) is 5.92 Å². The Labute approximate surface area is 117 Å². The Balaban J connectivity index is 2.20. The lowest BCUT2D eigenvalue weighted by atomic mass is 10.0. The molecule has 1 heterocycles. The molecule has 0 saturated carbocycles.